The fourth-order valence-corrected chi connectivity index (χ4v) is 6.84. The fraction of sp³-hybridized carbons (Fsp3) is 0.656. The first-order valence-electron chi connectivity index (χ1n) is 16.9. The van der Waals surface area contributed by atoms with Crippen molar-refractivity contribution >= 4 is 45.2 Å². The SMILES string of the molecule is CCCOCCOCCOCCOCCN(Cc1ccc(OC(C)C)cc1)c1nc(Cl)nc2c1cnn2C1CCC(COP(O)CP(O)O)O1. The molecule has 3 heterocycles. The molecule has 1 aromatic carbocycles. The monoisotopic (exact) mass is 761 g/mol. The third-order valence-electron chi connectivity index (χ3n) is 7.36. The highest BCUT2D eigenvalue weighted by atomic mass is 35.5. The minimum Gasteiger partial charge on any atom is -0.491 e. The Labute approximate surface area is 300 Å². The Morgan fingerprint density at radius 2 is 1.60 bits per heavy atom. The molecule has 0 aliphatic carbocycles. The number of benzene rings is 1. The number of ether oxygens (including phenoxy) is 6. The van der Waals surface area contributed by atoms with Gasteiger partial charge in [-0.1, -0.05) is 19.1 Å². The van der Waals surface area contributed by atoms with Gasteiger partial charge in [0.15, 0.2) is 28.6 Å². The van der Waals surface area contributed by atoms with Gasteiger partial charge in [0.1, 0.15) is 11.6 Å². The van der Waals surface area contributed by atoms with Crippen molar-refractivity contribution < 1.29 is 47.6 Å². The fourth-order valence-electron chi connectivity index (χ4n) is 5.15. The van der Waals surface area contributed by atoms with Gasteiger partial charge in [-0.15, -0.1) is 0 Å². The van der Waals surface area contributed by atoms with E-state index in [9.17, 15) is 4.89 Å². The van der Waals surface area contributed by atoms with E-state index < -0.39 is 23.0 Å². The highest BCUT2D eigenvalue weighted by Gasteiger charge is 2.31. The number of halogens is 1. The van der Waals surface area contributed by atoms with Crippen LogP contribution in [0.5, 0.6) is 5.75 Å². The second-order valence-electron chi connectivity index (χ2n) is 11.8. The zero-order valence-electron chi connectivity index (χ0n) is 28.9. The van der Waals surface area contributed by atoms with E-state index in [2.05, 4.69) is 26.9 Å². The zero-order valence-corrected chi connectivity index (χ0v) is 31.5. The second kappa shape index (κ2) is 22.3. The summed E-state index contributed by atoms with van der Waals surface area (Å²) in [7, 11) is -4.16. The third kappa shape index (κ3) is 13.9. The molecule has 0 spiro atoms. The Balaban J connectivity index is 1.38. The van der Waals surface area contributed by atoms with Crippen molar-refractivity contribution in [1.82, 2.24) is 19.7 Å². The molecular formula is C32H50ClN5O10P2. The molecule has 280 valence electrons. The zero-order chi connectivity index (χ0) is 35.7. The largest absolute Gasteiger partial charge is 0.491 e. The van der Waals surface area contributed by atoms with Crippen LogP contribution in [0, 0.1) is 0 Å². The molecule has 1 saturated heterocycles. The molecule has 0 amide bonds. The predicted molar refractivity (Wildman–Crippen MR) is 192 cm³/mol. The van der Waals surface area contributed by atoms with Gasteiger partial charge in [0.2, 0.25) is 5.28 Å². The number of fused-ring (bicyclic) bond motifs is 1. The molecule has 2 aromatic heterocycles. The van der Waals surface area contributed by atoms with Crippen molar-refractivity contribution in [3.05, 3.63) is 41.3 Å². The van der Waals surface area contributed by atoms with E-state index in [0.29, 0.717) is 89.0 Å². The van der Waals surface area contributed by atoms with Crippen molar-refractivity contribution in [2.45, 2.75) is 65.0 Å². The average Bonchev–Trinajstić information content (AvgIpc) is 3.72. The lowest BCUT2D eigenvalue weighted by atomic mass is 10.2. The second-order valence-corrected chi connectivity index (χ2v) is 15.0. The maximum Gasteiger partial charge on any atom is 0.226 e. The molecule has 3 aromatic rings. The van der Waals surface area contributed by atoms with Crippen molar-refractivity contribution in [1.29, 1.82) is 0 Å². The normalized spacial score (nSPS) is 17.0. The summed E-state index contributed by atoms with van der Waals surface area (Å²) in [4.78, 5) is 39.4. The number of nitrogens with zero attached hydrogens (tertiary/aromatic N) is 5. The summed E-state index contributed by atoms with van der Waals surface area (Å²) >= 11 is 6.52. The maximum absolute atomic E-state index is 9.91. The van der Waals surface area contributed by atoms with Gasteiger partial charge in [-0.25, -0.2) is 4.68 Å². The van der Waals surface area contributed by atoms with E-state index in [4.69, 9.17) is 54.3 Å². The molecule has 0 bridgehead atoms. The third-order valence-corrected chi connectivity index (χ3v) is 9.96. The van der Waals surface area contributed by atoms with Crippen LogP contribution in [0.2, 0.25) is 5.28 Å². The molecule has 50 heavy (non-hydrogen) atoms. The summed E-state index contributed by atoms with van der Waals surface area (Å²) in [5.41, 5.74) is 1.57. The summed E-state index contributed by atoms with van der Waals surface area (Å²) in [6, 6.07) is 7.95. The lowest BCUT2D eigenvalue weighted by Gasteiger charge is -2.25. The number of anilines is 1. The van der Waals surface area contributed by atoms with Gasteiger partial charge in [0.25, 0.3) is 0 Å². The summed E-state index contributed by atoms with van der Waals surface area (Å²) in [5, 5.41) is 5.40. The van der Waals surface area contributed by atoms with E-state index >= 15 is 0 Å². The summed E-state index contributed by atoms with van der Waals surface area (Å²) < 4.78 is 41.6. The highest BCUT2D eigenvalue weighted by molar-refractivity contribution is 7.63. The van der Waals surface area contributed by atoms with Crippen LogP contribution in [0.4, 0.5) is 5.82 Å². The molecule has 18 heteroatoms. The van der Waals surface area contributed by atoms with Gasteiger partial charge < -0.3 is 52.5 Å². The van der Waals surface area contributed by atoms with E-state index in [-0.39, 0.29) is 30.0 Å². The van der Waals surface area contributed by atoms with Gasteiger partial charge in [-0.3, -0.25) is 0 Å². The van der Waals surface area contributed by atoms with E-state index in [1.165, 1.54) is 0 Å². The molecule has 1 aliphatic rings. The van der Waals surface area contributed by atoms with Gasteiger partial charge in [-0.05, 0) is 62.4 Å². The van der Waals surface area contributed by atoms with Crippen molar-refractivity contribution in [2.75, 3.05) is 76.8 Å². The molecule has 1 fully saturated rings. The van der Waals surface area contributed by atoms with Crippen LogP contribution >= 0.6 is 28.4 Å². The lowest BCUT2D eigenvalue weighted by Crippen LogP contribution is -2.29. The number of hydrogen-bond acceptors (Lipinski definition) is 14. The first-order valence-corrected chi connectivity index (χ1v) is 20.1. The Morgan fingerprint density at radius 1 is 0.940 bits per heavy atom. The average molecular weight is 762 g/mol. The predicted octanol–water partition coefficient (Wildman–Crippen LogP) is 5.00. The Morgan fingerprint density at radius 3 is 2.24 bits per heavy atom. The first-order chi connectivity index (χ1) is 24.2. The van der Waals surface area contributed by atoms with E-state index in [1.54, 1.807) is 10.9 Å². The lowest BCUT2D eigenvalue weighted by molar-refractivity contribution is -0.0213. The number of hydrogen-bond donors (Lipinski definition) is 3. The molecule has 1 aliphatic heterocycles. The standard InChI is InChI=1S/C32H50ClN5O10P2/c1-4-12-42-14-16-44-18-19-45-17-15-43-13-11-37(21-25-5-7-26(8-6-25)47-24(2)3)30-28-20-34-38(31(28)36-32(33)35-30)29-10-9-27(48-29)22-46-50(41)23-49(39)40/h5-8,20,24,27,29,39-41H,4,9-19,21-23H2,1-3H3. The molecule has 4 rings (SSSR count). The molecule has 0 saturated carbocycles. The van der Waals surface area contributed by atoms with Crippen LogP contribution in [0.15, 0.2) is 30.5 Å². The molecule has 0 radical (unpaired) electrons. The Kier molecular flexibility index (Phi) is 18.2. The van der Waals surface area contributed by atoms with Gasteiger partial charge in [0, 0.05) is 19.7 Å². The molecule has 3 unspecified atom stereocenters. The molecule has 3 atom stereocenters. The minimum absolute atomic E-state index is 0.0710. The smallest absolute Gasteiger partial charge is 0.226 e. The number of rotatable bonds is 25. The van der Waals surface area contributed by atoms with Crippen molar-refractivity contribution in [3.8, 4) is 5.75 Å². The molecule has 3 N–H and O–H groups in total. The van der Waals surface area contributed by atoms with Crippen molar-refractivity contribution in [2.24, 2.45) is 0 Å². The van der Waals surface area contributed by atoms with Crippen LogP contribution in [-0.2, 0) is 34.8 Å². The Hall–Kier alpha value is -1.84. The number of aromatic nitrogens is 4. The van der Waals surface area contributed by atoms with Crippen LogP contribution in [0.1, 0.15) is 51.8 Å². The highest BCUT2D eigenvalue weighted by Crippen LogP contribution is 2.44. The van der Waals surface area contributed by atoms with Gasteiger partial charge in [0.05, 0.1) is 82.5 Å². The van der Waals surface area contributed by atoms with Crippen LogP contribution in [-0.4, -0.2) is 119 Å². The van der Waals surface area contributed by atoms with E-state index in [1.807, 2.05) is 38.1 Å². The maximum atomic E-state index is 9.91. The topological polar surface area (TPSA) is 172 Å². The Bertz CT molecular complexity index is 1390. The molecular weight excluding hydrogens is 712 g/mol. The van der Waals surface area contributed by atoms with Gasteiger partial charge >= 0.3 is 0 Å². The molecule has 15 nitrogen and oxygen atoms in total. The van der Waals surface area contributed by atoms with Crippen LogP contribution in [0.25, 0.3) is 11.0 Å². The summed E-state index contributed by atoms with van der Waals surface area (Å²) in [6.07, 6.45) is 3.36. The van der Waals surface area contributed by atoms with Gasteiger partial charge in [-0.2, -0.15) is 15.1 Å². The first kappa shape index (κ1) is 40.9. The van der Waals surface area contributed by atoms with Crippen LogP contribution < -0.4 is 9.64 Å². The van der Waals surface area contributed by atoms with E-state index in [0.717, 1.165) is 24.3 Å². The summed E-state index contributed by atoms with van der Waals surface area (Å²) in [6.45, 7) is 11.4. The minimum atomic E-state index is -2.23. The quantitative estimate of drug-likeness (QED) is 0.0598. The summed E-state index contributed by atoms with van der Waals surface area (Å²) in [5.74, 6) is 1.23. The van der Waals surface area contributed by atoms with Crippen LogP contribution in [0.3, 0.4) is 0 Å². The van der Waals surface area contributed by atoms with Crippen molar-refractivity contribution in [3.63, 3.8) is 0 Å².